The number of benzene rings is 3. The number of nitrogens with zero attached hydrogens (tertiary/aromatic N) is 4. The number of allylic oxidation sites excluding steroid dienone is 2. The molecule has 7 rings (SSSR count). The fraction of sp³-hybridized carbons (Fsp3) is 0.343. The van der Waals surface area contributed by atoms with Crippen LogP contribution in [0.4, 0.5) is 14.9 Å². The van der Waals surface area contributed by atoms with Gasteiger partial charge in [-0.15, -0.1) is 5.10 Å². The van der Waals surface area contributed by atoms with E-state index in [-0.39, 0.29) is 17.0 Å². The van der Waals surface area contributed by atoms with Crippen molar-refractivity contribution in [3.05, 3.63) is 109 Å². The van der Waals surface area contributed by atoms with E-state index in [9.17, 15) is 4.79 Å². The molecule has 226 valence electrons. The Morgan fingerprint density at radius 1 is 1.02 bits per heavy atom. The van der Waals surface area contributed by atoms with Crippen LogP contribution in [0, 0.1) is 23.6 Å². The second-order valence-electron chi connectivity index (χ2n) is 13.2. The maximum Gasteiger partial charge on any atom is 0.414 e. The summed E-state index contributed by atoms with van der Waals surface area (Å²) in [6.45, 7) is 8.33. The molecule has 1 aliphatic heterocycles. The summed E-state index contributed by atoms with van der Waals surface area (Å²) in [6.07, 6.45) is 5.53. The van der Waals surface area contributed by atoms with Crippen LogP contribution in [0.3, 0.4) is 0 Å². The normalized spacial score (nSPS) is 23.0. The molecule has 1 amide bonds. The van der Waals surface area contributed by atoms with Gasteiger partial charge in [-0.2, -0.15) is 0 Å². The van der Waals surface area contributed by atoms with Crippen molar-refractivity contribution in [3.63, 3.8) is 0 Å². The van der Waals surface area contributed by atoms with Gasteiger partial charge in [0.1, 0.15) is 11.9 Å². The van der Waals surface area contributed by atoms with E-state index >= 15 is 4.39 Å². The summed E-state index contributed by atoms with van der Waals surface area (Å²) in [4.78, 5) is 14.0. The molecule has 2 heterocycles. The number of halogens is 1. The molecule has 9 heteroatoms. The fourth-order valence-electron chi connectivity index (χ4n) is 7.28. The van der Waals surface area contributed by atoms with E-state index in [0.717, 1.165) is 12.0 Å². The number of carbonyl (C=O) groups is 1. The molecule has 1 saturated carbocycles. The molecule has 2 fully saturated rings. The molecular formula is C35H37FN4O3Si. The molecule has 0 bridgehead atoms. The number of anilines is 1. The first-order valence-electron chi connectivity index (χ1n) is 15.3. The molecule has 4 atom stereocenters. The Bertz CT molecular complexity index is 1630. The minimum absolute atomic E-state index is 0.0657. The molecule has 3 aliphatic rings. The lowest BCUT2D eigenvalue weighted by Crippen LogP contribution is -2.66. The van der Waals surface area contributed by atoms with E-state index < -0.39 is 14.4 Å². The van der Waals surface area contributed by atoms with Crippen molar-refractivity contribution in [3.8, 4) is 0 Å². The summed E-state index contributed by atoms with van der Waals surface area (Å²) >= 11 is 0. The zero-order valence-corrected chi connectivity index (χ0v) is 26.3. The maximum absolute atomic E-state index is 15.5. The van der Waals surface area contributed by atoms with Gasteiger partial charge in [0.2, 0.25) is 0 Å². The number of fused-ring (bicyclic) bond motifs is 1. The lowest BCUT2D eigenvalue weighted by molar-refractivity contribution is 0.129. The van der Waals surface area contributed by atoms with Crippen LogP contribution < -0.4 is 15.3 Å². The van der Waals surface area contributed by atoms with Crippen LogP contribution in [0.5, 0.6) is 0 Å². The third-order valence-electron chi connectivity index (χ3n) is 9.50. The van der Waals surface area contributed by atoms with Gasteiger partial charge >= 0.3 is 6.09 Å². The summed E-state index contributed by atoms with van der Waals surface area (Å²) in [5.41, 5.74) is 2.15. The number of cyclic esters (lactones) is 1. The summed E-state index contributed by atoms with van der Waals surface area (Å²) in [5.74, 6) is 0.980. The van der Waals surface area contributed by atoms with E-state index in [1.807, 2.05) is 6.07 Å². The SMILES string of the molecule is CC(C)(C)[Si](OC[C@H]1[C@@H]2C=C(c3ccc(N4C[C@H](Cn5ccnn5)OC4=O)cc3F)C[C@@H]21)(c1ccccc1)c1ccccc1. The van der Waals surface area contributed by atoms with E-state index in [0.29, 0.717) is 48.7 Å². The van der Waals surface area contributed by atoms with Gasteiger partial charge in [-0.25, -0.2) is 13.9 Å². The Morgan fingerprint density at radius 3 is 2.30 bits per heavy atom. The summed E-state index contributed by atoms with van der Waals surface area (Å²) in [6, 6.07) is 26.5. The molecule has 0 N–H and O–H groups in total. The average Bonchev–Trinajstić information content (AvgIpc) is 3.46. The van der Waals surface area contributed by atoms with E-state index in [1.165, 1.54) is 21.3 Å². The Morgan fingerprint density at radius 2 is 1.73 bits per heavy atom. The lowest BCUT2D eigenvalue weighted by atomic mass is 10.00. The Hall–Kier alpha value is -4.08. The first kappa shape index (κ1) is 28.7. The van der Waals surface area contributed by atoms with Crippen LogP contribution in [-0.4, -0.2) is 48.7 Å². The van der Waals surface area contributed by atoms with Crippen molar-refractivity contribution in [2.24, 2.45) is 17.8 Å². The van der Waals surface area contributed by atoms with Crippen molar-refractivity contribution in [1.82, 2.24) is 15.0 Å². The lowest BCUT2D eigenvalue weighted by Gasteiger charge is -2.43. The molecule has 7 nitrogen and oxygen atoms in total. The predicted octanol–water partition coefficient (Wildman–Crippen LogP) is 5.67. The molecule has 2 aliphatic carbocycles. The van der Waals surface area contributed by atoms with Crippen molar-refractivity contribution in [1.29, 1.82) is 0 Å². The molecular weight excluding hydrogens is 571 g/mol. The minimum atomic E-state index is -2.59. The minimum Gasteiger partial charge on any atom is -0.442 e. The Kier molecular flexibility index (Phi) is 7.25. The number of aromatic nitrogens is 3. The number of amides is 1. The second-order valence-corrected chi connectivity index (χ2v) is 17.5. The summed E-state index contributed by atoms with van der Waals surface area (Å²) in [5, 5.41) is 10.2. The van der Waals surface area contributed by atoms with Crippen LogP contribution in [0.15, 0.2) is 97.3 Å². The van der Waals surface area contributed by atoms with Crippen LogP contribution in [0.25, 0.3) is 5.57 Å². The standard InChI is InChI=1S/C35H37FN4O3Si/c1-35(2,3)44(27-10-6-4-7-11-27,28-12-8-5-9-13-28)42-23-32-30-18-24(19-31(30)32)29-15-14-25(20-33(29)36)40-22-26(43-34(40)41)21-39-17-16-37-38-39/h4-18,20,26,30-32H,19,21-23H2,1-3H3/t26-,30+,31-,32-/m0/s1. The van der Waals surface area contributed by atoms with Gasteiger partial charge in [0.25, 0.3) is 8.32 Å². The largest absolute Gasteiger partial charge is 0.442 e. The molecule has 4 aromatic rings. The number of ether oxygens (including phenoxy) is 1. The third-order valence-corrected chi connectivity index (χ3v) is 14.5. The van der Waals surface area contributed by atoms with E-state index in [1.54, 1.807) is 23.1 Å². The molecule has 3 aromatic carbocycles. The second kappa shape index (κ2) is 11.1. The zero-order chi connectivity index (χ0) is 30.5. The fourth-order valence-corrected chi connectivity index (χ4v) is 11.9. The topological polar surface area (TPSA) is 69.5 Å². The highest BCUT2D eigenvalue weighted by atomic mass is 28.4. The molecule has 0 spiro atoms. The molecule has 0 unspecified atom stereocenters. The van der Waals surface area contributed by atoms with Gasteiger partial charge in [0.05, 0.1) is 25.0 Å². The molecule has 44 heavy (non-hydrogen) atoms. The zero-order valence-electron chi connectivity index (χ0n) is 25.3. The summed E-state index contributed by atoms with van der Waals surface area (Å²) in [7, 11) is -2.59. The van der Waals surface area contributed by atoms with Crippen LogP contribution in [0.1, 0.15) is 32.8 Å². The van der Waals surface area contributed by atoms with Gasteiger partial charge < -0.3 is 9.16 Å². The maximum atomic E-state index is 15.5. The number of hydrogen-bond donors (Lipinski definition) is 0. The predicted molar refractivity (Wildman–Crippen MR) is 171 cm³/mol. The van der Waals surface area contributed by atoms with Crippen LogP contribution in [-0.2, 0) is 15.7 Å². The highest BCUT2D eigenvalue weighted by Crippen LogP contribution is 2.58. The first-order valence-corrected chi connectivity index (χ1v) is 17.2. The molecule has 0 radical (unpaired) electrons. The molecule has 1 saturated heterocycles. The van der Waals surface area contributed by atoms with Crippen LogP contribution in [0.2, 0.25) is 5.04 Å². The number of rotatable bonds is 9. The van der Waals surface area contributed by atoms with Gasteiger partial charge in [-0.3, -0.25) is 4.90 Å². The van der Waals surface area contributed by atoms with Crippen molar-refractivity contribution >= 4 is 36.0 Å². The van der Waals surface area contributed by atoms with Crippen molar-refractivity contribution in [2.75, 3.05) is 18.1 Å². The van der Waals surface area contributed by atoms with Gasteiger partial charge in [0, 0.05) is 18.4 Å². The highest BCUT2D eigenvalue weighted by molar-refractivity contribution is 6.99. The Labute approximate surface area is 258 Å². The van der Waals surface area contributed by atoms with Gasteiger partial charge in [-0.05, 0) is 63.4 Å². The quantitative estimate of drug-likeness (QED) is 0.229. The first-order chi connectivity index (χ1) is 21.2. The monoisotopic (exact) mass is 608 g/mol. The van der Waals surface area contributed by atoms with Gasteiger partial charge in [0.15, 0.2) is 0 Å². The smallest absolute Gasteiger partial charge is 0.414 e. The highest BCUT2D eigenvalue weighted by Gasteiger charge is 2.56. The van der Waals surface area contributed by atoms with E-state index in [2.05, 4.69) is 97.8 Å². The molecule has 1 aromatic heterocycles. The van der Waals surface area contributed by atoms with Gasteiger partial charge in [-0.1, -0.05) is 92.7 Å². The number of hydrogen-bond acceptors (Lipinski definition) is 5. The van der Waals surface area contributed by atoms with Crippen molar-refractivity contribution in [2.45, 2.75) is 44.9 Å². The third kappa shape index (κ3) is 5.07. The average molecular weight is 609 g/mol. The Balaban J connectivity index is 1.05. The summed E-state index contributed by atoms with van der Waals surface area (Å²) < 4.78 is 29.8. The number of carbonyl (C=O) groups excluding carboxylic acids is 1. The van der Waals surface area contributed by atoms with Crippen molar-refractivity contribution < 1.29 is 18.3 Å². The van der Waals surface area contributed by atoms with Crippen LogP contribution >= 0.6 is 0 Å². The van der Waals surface area contributed by atoms with E-state index in [4.69, 9.17) is 9.16 Å².